The van der Waals surface area contributed by atoms with E-state index in [0.29, 0.717) is 44.2 Å². The Labute approximate surface area is 172 Å². The maximum absolute atomic E-state index is 12.7. The Morgan fingerprint density at radius 2 is 1.72 bits per heavy atom. The van der Waals surface area contributed by atoms with Gasteiger partial charge in [0, 0.05) is 31.7 Å². The molecule has 2 amide bonds. The lowest BCUT2D eigenvalue weighted by molar-refractivity contribution is -0.117. The van der Waals surface area contributed by atoms with Gasteiger partial charge >= 0.3 is 0 Å². The van der Waals surface area contributed by atoms with E-state index in [-0.39, 0.29) is 11.8 Å². The van der Waals surface area contributed by atoms with Gasteiger partial charge in [0.05, 0.1) is 19.3 Å². The van der Waals surface area contributed by atoms with Crippen LogP contribution in [-0.4, -0.2) is 61.4 Å². The highest BCUT2D eigenvalue weighted by molar-refractivity contribution is 5.95. The van der Waals surface area contributed by atoms with Gasteiger partial charge in [0.2, 0.25) is 5.91 Å². The monoisotopic (exact) mass is 395 g/mol. The molecule has 1 aliphatic rings. The summed E-state index contributed by atoms with van der Waals surface area (Å²) in [6, 6.07) is 13.5. The third kappa shape index (κ3) is 5.35. The number of methoxy groups -OCH3 is 1. The first-order valence-electron chi connectivity index (χ1n) is 10.0. The van der Waals surface area contributed by atoms with E-state index in [1.807, 2.05) is 54.3 Å². The highest BCUT2D eigenvalue weighted by Gasteiger charge is 2.23. The molecule has 6 heteroatoms. The molecule has 0 aliphatic carbocycles. The maximum atomic E-state index is 12.7. The number of rotatable bonds is 6. The van der Waals surface area contributed by atoms with Crippen LogP contribution in [0.1, 0.15) is 28.4 Å². The predicted molar refractivity (Wildman–Crippen MR) is 115 cm³/mol. The summed E-state index contributed by atoms with van der Waals surface area (Å²) in [5.74, 6) is 0.624. The molecule has 0 aromatic heterocycles. The summed E-state index contributed by atoms with van der Waals surface area (Å²) >= 11 is 0. The summed E-state index contributed by atoms with van der Waals surface area (Å²) in [5, 5.41) is 2.93. The Kier molecular flexibility index (Phi) is 6.88. The van der Waals surface area contributed by atoms with Crippen LogP contribution in [0.15, 0.2) is 42.5 Å². The normalized spacial score (nSPS) is 14.5. The van der Waals surface area contributed by atoms with Crippen molar-refractivity contribution >= 4 is 17.5 Å². The summed E-state index contributed by atoms with van der Waals surface area (Å²) in [4.78, 5) is 29.1. The Morgan fingerprint density at radius 3 is 2.34 bits per heavy atom. The van der Waals surface area contributed by atoms with Gasteiger partial charge in [-0.3, -0.25) is 14.5 Å². The van der Waals surface area contributed by atoms with E-state index in [2.05, 4.69) is 17.1 Å². The highest BCUT2D eigenvalue weighted by atomic mass is 16.5. The van der Waals surface area contributed by atoms with Gasteiger partial charge in [-0.05, 0) is 48.7 Å². The number of nitrogens with one attached hydrogen (secondary N) is 1. The predicted octanol–water partition coefficient (Wildman–Crippen LogP) is 2.96. The number of amides is 2. The Morgan fingerprint density at radius 1 is 1.03 bits per heavy atom. The topological polar surface area (TPSA) is 61.9 Å². The van der Waals surface area contributed by atoms with E-state index < -0.39 is 0 Å². The van der Waals surface area contributed by atoms with Gasteiger partial charge < -0.3 is 15.0 Å². The summed E-state index contributed by atoms with van der Waals surface area (Å²) in [6.07, 6.45) is 0.962. The van der Waals surface area contributed by atoms with Crippen LogP contribution in [0.25, 0.3) is 0 Å². The van der Waals surface area contributed by atoms with E-state index in [1.165, 1.54) is 5.56 Å². The molecule has 1 aliphatic heterocycles. The average molecular weight is 396 g/mol. The van der Waals surface area contributed by atoms with Crippen LogP contribution < -0.4 is 10.1 Å². The molecule has 1 saturated heterocycles. The van der Waals surface area contributed by atoms with Gasteiger partial charge in [-0.2, -0.15) is 0 Å². The van der Waals surface area contributed by atoms with Crippen LogP contribution in [0.5, 0.6) is 5.75 Å². The van der Waals surface area contributed by atoms with Gasteiger partial charge in [-0.25, -0.2) is 0 Å². The molecule has 2 aromatic carbocycles. The maximum Gasteiger partial charge on any atom is 0.253 e. The first-order chi connectivity index (χ1) is 14.0. The van der Waals surface area contributed by atoms with Crippen LogP contribution in [-0.2, 0) is 11.2 Å². The van der Waals surface area contributed by atoms with Crippen molar-refractivity contribution in [1.82, 2.24) is 9.80 Å². The molecule has 0 saturated carbocycles. The highest BCUT2D eigenvalue weighted by Crippen LogP contribution is 2.25. The summed E-state index contributed by atoms with van der Waals surface area (Å²) in [6.45, 7) is 6.96. The zero-order valence-electron chi connectivity index (χ0n) is 17.4. The van der Waals surface area contributed by atoms with E-state index in [9.17, 15) is 9.59 Å². The fourth-order valence-corrected chi connectivity index (χ4v) is 3.49. The van der Waals surface area contributed by atoms with Gasteiger partial charge in [-0.15, -0.1) is 0 Å². The second kappa shape index (κ2) is 9.56. The minimum absolute atomic E-state index is 0.0567. The third-order valence-electron chi connectivity index (χ3n) is 5.26. The summed E-state index contributed by atoms with van der Waals surface area (Å²) in [7, 11) is 1.59. The number of piperazine rings is 1. The lowest BCUT2D eigenvalue weighted by Crippen LogP contribution is -2.50. The van der Waals surface area contributed by atoms with Gasteiger partial charge in [0.15, 0.2) is 0 Å². The van der Waals surface area contributed by atoms with Crippen LogP contribution >= 0.6 is 0 Å². The van der Waals surface area contributed by atoms with Crippen LogP contribution in [0.4, 0.5) is 5.69 Å². The van der Waals surface area contributed by atoms with Crippen LogP contribution in [0.3, 0.4) is 0 Å². The fourth-order valence-electron chi connectivity index (χ4n) is 3.49. The van der Waals surface area contributed by atoms with Crippen molar-refractivity contribution < 1.29 is 14.3 Å². The molecule has 1 fully saturated rings. The van der Waals surface area contributed by atoms with E-state index in [1.54, 1.807) is 7.11 Å². The number of carbonyl (C=O) groups excluding carboxylic acids is 2. The first-order valence-corrected chi connectivity index (χ1v) is 10.0. The smallest absolute Gasteiger partial charge is 0.253 e. The largest absolute Gasteiger partial charge is 0.495 e. The minimum Gasteiger partial charge on any atom is -0.495 e. The molecule has 1 heterocycles. The van der Waals surface area contributed by atoms with Crippen molar-refractivity contribution in [2.75, 3.05) is 45.2 Å². The number of aryl methyl sites for hydroxylation is 2. The molecule has 0 bridgehead atoms. The van der Waals surface area contributed by atoms with Gasteiger partial charge in [0.1, 0.15) is 5.75 Å². The van der Waals surface area contributed by atoms with Crippen molar-refractivity contribution in [1.29, 1.82) is 0 Å². The molecule has 0 radical (unpaired) electrons. The molecule has 0 atom stereocenters. The Balaban J connectivity index is 1.51. The molecule has 29 heavy (non-hydrogen) atoms. The van der Waals surface area contributed by atoms with Crippen LogP contribution in [0.2, 0.25) is 0 Å². The number of hydrogen-bond donors (Lipinski definition) is 1. The van der Waals surface area contributed by atoms with Crippen LogP contribution in [0, 0.1) is 6.92 Å². The quantitative estimate of drug-likeness (QED) is 0.817. The number of nitrogens with zero attached hydrogens (tertiary/aromatic N) is 2. The standard InChI is InChI=1S/C23H29N3O3/c1-4-18-6-8-19(9-7-18)23(28)26-13-11-25(12-14-26)16-22(27)24-20-15-17(2)5-10-21(20)29-3/h5-10,15H,4,11-14,16H2,1-3H3,(H,24,27). The lowest BCUT2D eigenvalue weighted by Gasteiger charge is -2.34. The van der Waals surface area contributed by atoms with Crippen molar-refractivity contribution in [3.05, 3.63) is 59.2 Å². The first kappa shape index (κ1) is 20.9. The zero-order chi connectivity index (χ0) is 20.8. The number of hydrogen-bond acceptors (Lipinski definition) is 4. The molecule has 0 spiro atoms. The molecular weight excluding hydrogens is 366 g/mol. The second-order valence-electron chi connectivity index (χ2n) is 7.37. The number of ether oxygens (including phenoxy) is 1. The molecule has 1 N–H and O–H groups in total. The number of carbonyl (C=O) groups is 2. The lowest BCUT2D eigenvalue weighted by atomic mass is 10.1. The van der Waals surface area contributed by atoms with E-state index in [0.717, 1.165) is 17.5 Å². The summed E-state index contributed by atoms with van der Waals surface area (Å²) in [5.41, 5.74) is 3.68. The van der Waals surface area contributed by atoms with E-state index in [4.69, 9.17) is 4.74 Å². The number of anilines is 1. The Hall–Kier alpha value is -2.86. The molecule has 6 nitrogen and oxygen atoms in total. The second-order valence-corrected chi connectivity index (χ2v) is 7.37. The fraction of sp³-hybridized carbons (Fsp3) is 0.391. The molecular formula is C23H29N3O3. The molecule has 2 aromatic rings. The average Bonchev–Trinajstić information content (AvgIpc) is 2.74. The van der Waals surface area contributed by atoms with Crippen molar-refractivity contribution in [3.8, 4) is 5.75 Å². The van der Waals surface area contributed by atoms with Crippen molar-refractivity contribution in [2.24, 2.45) is 0 Å². The van der Waals surface area contributed by atoms with E-state index >= 15 is 0 Å². The third-order valence-corrected chi connectivity index (χ3v) is 5.26. The minimum atomic E-state index is -0.0798. The molecule has 0 unspecified atom stereocenters. The van der Waals surface area contributed by atoms with Crippen molar-refractivity contribution in [3.63, 3.8) is 0 Å². The van der Waals surface area contributed by atoms with Gasteiger partial charge in [0.25, 0.3) is 5.91 Å². The molecule has 154 valence electrons. The SMILES string of the molecule is CCc1ccc(C(=O)N2CCN(CC(=O)Nc3cc(C)ccc3OC)CC2)cc1. The van der Waals surface area contributed by atoms with Crippen molar-refractivity contribution in [2.45, 2.75) is 20.3 Å². The Bertz CT molecular complexity index is 856. The number of benzene rings is 2. The van der Waals surface area contributed by atoms with Gasteiger partial charge in [-0.1, -0.05) is 25.1 Å². The molecule has 3 rings (SSSR count). The summed E-state index contributed by atoms with van der Waals surface area (Å²) < 4.78 is 5.32. The zero-order valence-corrected chi connectivity index (χ0v) is 17.4.